The zero-order valence-electron chi connectivity index (χ0n) is 14.6. The molecule has 8 heteroatoms. The fourth-order valence-electron chi connectivity index (χ4n) is 3.90. The van der Waals surface area contributed by atoms with Crippen molar-refractivity contribution < 1.29 is 12.8 Å². The molecule has 1 atom stereocenters. The molecule has 140 valence electrons. The molecule has 0 radical (unpaired) electrons. The summed E-state index contributed by atoms with van der Waals surface area (Å²) in [5.41, 5.74) is 0.869. The molecule has 0 aliphatic carbocycles. The first kappa shape index (κ1) is 17.6. The Morgan fingerprint density at radius 1 is 1.15 bits per heavy atom. The van der Waals surface area contributed by atoms with Gasteiger partial charge in [-0.25, -0.2) is 12.8 Å². The highest BCUT2D eigenvalue weighted by atomic mass is 32.2. The number of aromatic nitrogens is 2. The average molecular weight is 378 g/mol. The van der Waals surface area contributed by atoms with Gasteiger partial charge in [0.2, 0.25) is 10.0 Å². The minimum atomic E-state index is -3.76. The summed E-state index contributed by atoms with van der Waals surface area (Å²) in [6.45, 7) is 4.37. The van der Waals surface area contributed by atoms with Crippen LogP contribution in [-0.4, -0.2) is 53.6 Å². The molecule has 2 aliphatic rings. The third kappa shape index (κ3) is 3.54. The van der Waals surface area contributed by atoms with Gasteiger partial charge < -0.3 is 4.90 Å². The molecule has 0 unspecified atom stereocenters. The van der Waals surface area contributed by atoms with Crippen LogP contribution in [0, 0.1) is 11.7 Å². The van der Waals surface area contributed by atoms with E-state index in [4.69, 9.17) is 0 Å². The van der Waals surface area contributed by atoms with E-state index in [1.54, 1.807) is 6.20 Å². The van der Waals surface area contributed by atoms with E-state index >= 15 is 0 Å². The summed E-state index contributed by atoms with van der Waals surface area (Å²) < 4.78 is 43.2. The zero-order chi connectivity index (χ0) is 18.1. The topological polar surface area (TPSA) is 58.4 Å². The number of fused-ring (bicyclic) bond motifs is 1. The lowest BCUT2D eigenvalue weighted by atomic mass is 10.1. The summed E-state index contributed by atoms with van der Waals surface area (Å²) >= 11 is 0. The zero-order valence-corrected chi connectivity index (χ0v) is 15.4. The Morgan fingerprint density at radius 2 is 1.96 bits per heavy atom. The highest BCUT2D eigenvalue weighted by molar-refractivity contribution is 7.89. The normalized spacial score (nSPS) is 22.3. The molecule has 0 spiro atoms. The van der Waals surface area contributed by atoms with E-state index in [2.05, 4.69) is 10.00 Å². The minimum Gasteiger partial charge on any atom is -0.303 e. The number of benzene rings is 1. The first-order chi connectivity index (χ1) is 12.5. The summed E-state index contributed by atoms with van der Waals surface area (Å²) in [5.74, 6) is -0.392. The monoisotopic (exact) mass is 378 g/mol. The Balaban J connectivity index is 1.63. The van der Waals surface area contributed by atoms with Crippen LogP contribution in [0.4, 0.5) is 4.39 Å². The molecule has 1 aromatic carbocycles. The Labute approximate surface area is 153 Å². The van der Waals surface area contributed by atoms with E-state index in [9.17, 15) is 12.8 Å². The molecule has 2 aliphatic heterocycles. The molecule has 1 saturated heterocycles. The van der Waals surface area contributed by atoms with E-state index < -0.39 is 15.8 Å². The molecular formula is C18H23FN4O2S. The molecule has 3 heterocycles. The summed E-state index contributed by atoms with van der Waals surface area (Å²) in [6, 6.07) is 7.09. The molecule has 4 rings (SSSR count). The minimum absolute atomic E-state index is 0.00499. The third-order valence-electron chi connectivity index (χ3n) is 5.18. The number of nitrogens with zero attached hydrogens (tertiary/aromatic N) is 4. The maximum atomic E-state index is 13.6. The highest BCUT2D eigenvalue weighted by Gasteiger charge is 2.32. The van der Waals surface area contributed by atoms with Crippen LogP contribution < -0.4 is 0 Å². The van der Waals surface area contributed by atoms with Crippen molar-refractivity contribution in [2.24, 2.45) is 5.92 Å². The Hall–Kier alpha value is -1.77. The fourth-order valence-corrected chi connectivity index (χ4v) is 5.42. The summed E-state index contributed by atoms with van der Waals surface area (Å²) in [6.07, 6.45) is 4.11. The highest BCUT2D eigenvalue weighted by Crippen LogP contribution is 2.25. The Kier molecular flexibility index (Phi) is 4.81. The molecular weight excluding hydrogens is 355 g/mol. The number of halogens is 1. The maximum absolute atomic E-state index is 13.6. The predicted molar refractivity (Wildman–Crippen MR) is 95.4 cm³/mol. The van der Waals surface area contributed by atoms with Crippen molar-refractivity contribution in [3.63, 3.8) is 0 Å². The number of sulfonamides is 1. The van der Waals surface area contributed by atoms with Gasteiger partial charge >= 0.3 is 0 Å². The van der Waals surface area contributed by atoms with Crippen LogP contribution in [0.25, 0.3) is 0 Å². The van der Waals surface area contributed by atoms with Crippen molar-refractivity contribution in [2.75, 3.05) is 26.2 Å². The Bertz CT molecular complexity index is 877. The summed E-state index contributed by atoms with van der Waals surface area (Å²) in [5, 5.41) is 4.36. The maximum Gasteiger partial charge on any atom is 0.243 e. The van der Waals surface area contributed by atoms with Crippen molar-refractivity contribution in [2.45, 2.75) is 30.8 Å². The van der Waals surface area contributed by atoms with Gasteiger partial charge in [-0.2, -0.15) is 9.40 Å². The van der Waals surface area contributed by atoms with E-state index in [-0.39, 0.29) is 17.4 Å². The van der Waals surface area contributed by atoms with Gasteiger partial charge in [0.15, 0.2) is 0 Å². The lowest BCUT2D eigenvalue weighted by Crippen LogP contribution is -2.38. The van der Waals surface area contributed by atoms with Gasteiger partial charge in [-0.15, -0.1) is 0 Å². The number of rotatable bonds is 4. The molecule has 6 nitrogen and oxygen atoms in total. The number of likely N-dealkylation sites (tertiary alicyclic amines) is 1. The van der Waals surface area contributed by atoms with Gasteiger partial charge in [0.1, 0.15) is 5.82 Å². The van der Waals surface area contributed by atoms with Crippen molar-refractivity contribution >= 4 is 10.0 Å². The van der Waals surface area contributed by atoms with Gasteiger partial charge in [0, 0.05) is 31.7 Å². The lowest BCUT2D eigenvalue weighted by Gasteiger charge is -2.26. The second-order valence-corrected chi connectivity index (χ2v) is 9.07. The SMILES string of the molecule is O=S(=O)(c1cccc(F)c1)N1Cc2ccnn2C[C@H](CN2CCCC2)C1. The van der Waals surface area contributed by atoms with Gasteiger partial charge in [-0.3, -0.25) is 4.68 Å². The van der Waals surface area contributed by atoms with Crippen LogP contribution in [-0.2, 0) is 23.1 Å². The first-order valence-corrected chi connectivity index (χ1v) is 10.4. The van der Waals surface area contributed by atoms with Crippen molar-refractivity contribution in [1.29, 1.82) is 0 Å². The smallest absolute Gasteiger partial charge is 0.243 e. The van der Waals surface area contributed by atoms with E-state index in [1.165, 1.54) is 35.3 Å². The van der Waals surface area contributed by atoms with Crippen LogP contribution >= 0.6 is 0 Å². The second kappa shape index (κ2) is 7.09. The number of hydrogen-bond acceptors (Lipinski definition) is 4. The average Bonchev–Trinajstić information content (AvgIpc) is 3.23. The summed E-state index contributed by atoms with van der Waals surface area (Å²) in [4.78, 5) is 2.40. The molecule has 0 N–H and O–H groups in total. The fraction of sp³-hybridized carbons (Fsp3) is 0.500. The molecule has 26 heavy (non-hydrogen) atoms. The number of hydrogen-bond donors (Lipinski definition) is 0. The van der Waals surface area contributed by atoms with E-state index in [0.717, 1.165) is 31.4 Å². The van der Waals surface area contributed by atoms with Crippen LogP contribution in [0.15, 0.2) is 41.4 Å². The van der Waals surface area contributed by atoms with E-state index in [1.807, 2.05) is 10.7 Å². The third-order valence-corrected chi connectivity index (χ3v) is 6.99. The van der Waals surface area contributed by atoms with Gasteiger partial charge in [0.05, 0.1) is 17.1 Å². The van der Waals surface area contributed by atoms with Gasteiger partial charge in [0.25, 0.3) is 0 Å². The molecule has 1 aromatic heterocycles. The molecule has 1 fully saturated rings. The first-order valence-electron chi connectivity index (χ1n) is 9.01. The lowest BCUT2D eigenvalue weighted by molar-refractivity contribution is 0.233. The van der Waals surface area contributed by atoms with Gasteiger partial charge in [-0.05, 0) is 50.2 Å². The Morgan fingerprint density at radius 3 is 2.73 bits per heavy atom. The second-order valence-electron chi connectivity index (χ2n) is 7.13. The van der Waals surface area contributed by atoms with E-state index in [0.29, 0.717) is 13.1 Å². The quantitative estimate of drug-likeness (QED) is 0.816. The van der Waals surface area contributed by atoms with Crippen LogP contribution in [0.2, 0.25) is 0 Å². The molecule has 0 bridgehead atoms. The molecule has 0 saturated carbocycles. The molecule has 0 amide bonds. The largest absolute Gasteiger partial charge is 0.303 e. The molecule has 2 aromatic rings. The van der Waals surface area contributed by atoms with Crippen LogP contribution in [0.3, 0.4) is 0 Å². The van der Waals surface area contributed by atoms with Crippen molar-refractivity contribution in [3.8, 4) is 0 Å². The van der Waals surface area contributed by atoms with Crippen molar-refractivity contribution in [3.05, 3.63) is 48.0 Å². The predicted octanol–water partition coefficient (Wildman–Crippen LogP) is 1.94. The van der Waals surface area contributed by atoms with Crippen molar-refractivity contribution in [1.82, 2.24) is 19.0 Å². The standard InChI is InChI=1S/C18H23FN4O2S/c19-16-4-3-5-18(10-16)26(24,25)22-12-15(11-21-8-1-2-9-21)13-23-17(14-22)6-7-20-23/h3-7,10,15H,1-2,8-9,11-14H2/t15-/m1/s1. The van der Waals surface area contributed by atoms with Crippen LogP contribution in [0.1, 0.15) is 18.5 Å². The van der Waals surface area contributed by atoms with Gasteiger partial charge in [-0.1, -0.05) is 6.07 Å². The summed E-state index contributed by atoms with van der Waals surface area (Å²) in [7, 11) is -3.76. The van der Waals surface area contributed by atoms with Crippen LogP contribution in [0.5, 0.6) is 0 Å².